The standard InChI is InChI=1S/C11H15N3O3/c1-8-11(13-3-2-12-8)14-4-5-17-7-9(14)6-10(15)16/h2-3,9H,4-7H2,1H3,(H,15,16). The van der Waals surface area contributed by atoms with Crippen LogP contribution in [0.2, 0.25) is 0 Å². The molecule has 6 heteroatoms. The van der Waals surface area contributed by atoms with Gasteiger partial charge < -0.3 is 14.7 Å². The van der Waals surface area contributed by atoms with Gasteiger partial charge in [0.25, 0.3) is 0 Å². The molecule has 1 atom stereocenters. The molecule has 6 nitrogen and oxygen atoms in total. The van der Waals surface area contributed by atoms with Crippen LogP contribution in [-0.4, -0.2) is 46.8 Å². The van der Waals surface area contributed by atoms with Crippen LogP contribution in [0.4, 0.5) is 5.82 Å². The Balaban J connectivity index is 2.21. The lowest BCUT2D eigenvalue weighted by molar-refractivity contribution is -0.138. The van der Waals surface area contributed by atoms with Crippen molar-refractivity contribution in [3.05, 3.63) is 18.1 Å². The highest BCUT2D eigenvalue weighted by Crippen LogP contribution is 2.21. The van der Waals surface area contributed by atoms with Gasteiger partial charge in [-0.1, -0.05) is 0 Å². The second-order valence-corrected chi connectivity index (χ2v) is 3.99. The van der Waals surface area contributed by atoms with Crippen LogP contribution >= 0.6 is 0 Å². The van der Waals surface area contributed by atoms with E-state index in [1.54, 1.807) is 12.4 Å². The average molecular weight is 237 g/mol. The zero-order valence-electron chi connectivity index (χ0n) is 9.67. The van der Waals surface area contributed by atoms with Gasteiger partial charge in [0.2, 0.25) is 0 Å². The molecule has 0 aromatic carbocycles. The normalized spacial score (nSPS) is 20.3. The molecule has 1 N–H and O–H groups in total. The molecule has 92 valence electrons. The third-order valence-corrected chi connectivity index (χ3v) is 2.77. The highest BCUT2D eigenvalue weighted by Gasteiger charge is 2.27. The van der Waals surface area contributed by atoms with Gasteiger partial charge in [0.15, 0.2) is 0 Å². The number of carboxylic acids is 1. The smallest absolute Gasteiger partial charge is 0.305 e. The predicted molar refractivity (Wildman–Crippen MR) is 61.0 cm³/mol. The van der Waals surface area contributed by atoms with Gasteiger partial charge in [0.1, 0.15) is 5.82 Å². The number of carboxylic acid groups (broad SMARTS) is 1. The number of aromatic nitrogens is 2. The first-order chi connectivity index (χ1) is 8.18. The van der Waals surface area contributed by atoms with E-state index in [0.29, 0.717) is 19.8 Å². The van der Waals surface area contributed by atoms with Crippen molar-refractivity contribution in [2.24, 2.45) is 0 Å². The van der Waals surface area contributed by atoms with Crippen molar-refractivity contribution in [3.63, 3.8) is 0 Å². The van der Waals surface area contributed by atoms with Gasteiger partial charge in [0.05, 0.1) is 31.4 Å². The van der Waals surface area contributed by atoms with Gasteiger partial charge >= 0.3 is 5.97 Å². The first kappa shape index (κ1) is 11.8. The van der Waals surface area contributed by atoms with Crippen molar-refractivity contribution >= 4 is 11.8 Å². The zero-order chi connectivity index (χ0) is 12.3. The Hall–Kier alpha value is -1.69. The Morgan fingerprint density at radius 3 is 3.06 bits per heavy atom. The summed E-state index contributed by atoms with van der Waals surface area (Å²) in [7, 11) is 0. The number of rotatable bonds is 3. The lowest BCUT2D eigenvalue weighted by Crippen LogP contribution is -2.47. The van der Waals surface area contributed by atoms with Crippen LogP contribution in [-0.2, 0) is 9.53 Å². The summed E-state index contributed by atoms with van der Waals surface area (Å²) in [6.45, 7) is 3.53. The second-order valence-electron chi connectivity index (χ2n) is 3.99. The minimum absolute atomic E-state index is 0.0516. The van der Waals surface area contributed by atoms with Crippen LogP contribution in [0.5, 0.6) is 0 Å². The highest BCUT2D eigenvalue weighted by atomic mass is 16.5. The molecule has 1 unspecified atom stereocenters. The van der Waals surface area contributed by atoms with E-state index in [9.17, 15) is 4.79 Å². The van der Waals surface area contributed by atoms with Gasteiger partial charge in [-0.05, 0) is 6.92 Å². The van der Waals surface area contributed by atoms with Crippen molar-refractivity contribution in [2.45, 2.75) is 19.4 Å². The second kappa shape index (κ2) is 5.09. The molecule has 1 fully saturated rings. The summed E-state index contributed by atoms with van der Waals surface area (Å²) in [5.41, 5.74) is 0.810. The molecule has 2 heterocycles. The molecule has 0 amide bonds. The maximum atomic E-state index is 10.8. The summed E-state index contributed by atoms with van der Waals surface area (Å²) in [4.78, 5) is 21.2. The molecule has 1 aliphatic heterocycles. The lowest BCUT2D eigenvalue weighted by Gasteiger charge is -2.36. The SMILES string of the molecule is Cc1nccnc1N1CCOCC1CC(=O)O. The minimum atomic E-state index is -0.827. The van der Waals surface area contributed by atoms with E-state index in [4.69, 9.17) is 9.84 Å². The van der Waals surface area contributed by atoms with Crippen molar-refractivity contribution in [1.82, 2.24) is 9.97 Å². The van der Waals surface area contributed by atoms with Crippen molar-refractivity contribution < 1.29 is 14.6 Å². The monoisotopic (exact) mass is 237 g/mol. The molecule has 1 aromatic rings. The predicted octanol–water partition coefficient (Wildman–Crippen LogP) is 0.465. The van der Waals surface area contributed by atoms with Crippen molar-refractivity contribution in [1.29, 1.82) is 0 Å². The lowest BCUT2D eigenvalue weighted by atomic mass is 10.1. The molecule has 0 bridgehead atoms. The largest absolute Gasteiger partial charge is 0.481 e. The van der Waals surface area contributed by atoms with E-state index in [1.165, 1.54) is 0 Å². The van der Waals surface area contributed by atoms with Gasteiger partial charge in [-0.3, -0.25) is 9.78 Å². The molecule has 2 rings (SSSR count). The topological polar surface area (TPSA) is 75.5 Å². The van der Waals surface area contributed by atoms with E-state index >= 15 is 0 Å². The Morgan fingerprint density at radius 2 is 2.35 bits per heavy atom. The third-order valence-electron chi connectivity index (χ3n) is 2.77. The fraction of sp³-hybridized carbons (Fsp3) is 0.545. The molecule has 1 aliphatic rings. The van der Waals surface area contributed by atoms with Crippen LogP contribution in [0, 0.1) is 6.92 Å². The summed E-state index contributed by atoms with van der Waals surface area (Å²) in [5, 5.41) is 8.88. The van der Waals surface area contributed by atoms with E-state index in [-0.39, 0.29) is 12.5 Å². The number of hydrogen-bond acceptors (Lipinski definition) is 5. The van der Waals surface area contributed by atoms with Gasteiger partial charge in [-0.2, -0.15) is 0 Å². The third kappa shape index (κ3) is 2.71. The average Bonchev–Trinajstić information content (AvgIpc) is 2.30. The first-order valence-electron chi connectivity index (χ1n) is 5.52. The van der Waals surface area contributed by atoms with E-state index in [1.807, 2.05) is 11.8 Å². The van der Waals surface area contributed by atoms with Gasteiger partial charge in [-0.15, -0.1) is 0 Å². The maximum Gasteiger partial charge on any atom is 0.305 e. The maximum absolute atomic E-state index is 10.8. The quantitative estimate of drug-likeness (QED) is 0.823. The zero-order valence-corrected chi connectivity index (χ0v) is 9.67. The van der Waals surface area contributed by atoms with Crippen LogP contribution in [0.3, 0.4) is 0 Å². The highest BCUT2D eigenvalue weighted by molar-refractivity contribution is 5.68. The number of morpholine rings is 1. The van der Waals surface area contributed by atoms with E-state index in [2.05, 4.69) is 9.97 Å². The Morgan fingerprint density at radius 1 is 1.59 bits per heavy atom. The number of nitrogens with zero attached hydrogens (tertiary/aromatic N) is 3. The first-order valence-corrected chi connectivity index (χ1v) is 5.52. The van der Waals surface area contributed by atoms with Gasteiger partial charge in [0, 0.05) is 18.9 Å². The Bertz CT molecular complexity index is 411. The summed E-state index contributed by atoms with van der Waals surface area (Å²) < 4.78 is 5.32. The molecular weight excluding hydrogens is 222 g/mol. The van der Waals surface area contributed by atoms with E-state index in [0.717, 1.165) is 11.5 Å². The summed E-state index contributed by atoms with van der Waals surface area (Å²) >= 11 is 0. The van der Waals surface area contributed by atoms with Crippen LogP contribution in [0.1, 0.15) is 12.1 Å². The Labute approximate surface area is 99.2 Å². The molecule has 0 aliphatic carbocycles. The fourth-order valence-electron chi connectivity index (χ4n) is 1.99. The summed E-state index contributed by atoms with van der Waals surface area (Å²) in [5.74, 6) is -0.0749. The number of aliphatic carboxylic acids is 1. The fourth-order valence-corrected chi connectivity index (χ4v) is 1.99. The van der Waals surface area contributed by atoms with Crippen LogP contribution < -0.4 is 4.90 Å². The van der Waals surface area contributed by atoms with Crippen LogP contribution in [0.15, 0.2) is 12.4 Å². The van der Waals surface area contributed by atoms with Gasteiger partial charge in [-0.25, -0.2) is 4.98 Å². The molecule has 1 saturated heterocycles. The number of ether oxygens (including phenoxy) is 1. The molecular formula is C11H15N3O3. The molecule has 1 aromatic heterocycles. The summed E-state index contributed by atoms with van der Waals surface area (Å²) in [6, 6.07) is -0.170. The molecule has 17 heavy (non-hydrogen) atoms. The van der Waals surface area contributed by atoms with Crippen molar-refractivity contribution in [2.75, 3.05) is 24.7 Å². The van der Waals surface area contributed by atoms with E-state index < -0.39 is 5.97 Å². The van der Waals surface area contributed by atoms with Crippen molar-refractivity contribution in [3.8, 4) is 0 Å². The number of carbonyl (C=O) groups is 1. The number of hydrogen-bond donors (Lipinski definition) is 1. The van der Waals surface area contributed by atoms with Crippen LogP contribution in [0.25, 0.3) is 0 Å². The number of aryl methyl sites for hydroxylation is 1. The molecule has 0 spiro atoms. The molecule has 0 saturated carbocycles. The molecule has 0 radical (unpaired) electrons. The Kier molecular flexibility index (Phi) is 3.53. The minimum Gasteiger partial charge on any atom is -0.481 e. The summed E-state index contributed by atoms with van der Waals surface area (Å²) in [6.07, 6.45) is 3.30. The number of anilines is 1.